The number of hydrogen-bond acceptors (Lipinski definition) is 5. The molecule has 0 aliphatic heterocycles. The first-order valence-electron chi connectivity index (χ1n) is 7.99. The summed E-state index contributed by atoms with van der Waals surface area (Å²) in [4.78, 5) is 4.78. The smallest absolute Gasteiger partial charge is 0.269 e. The first-order chi connectivity index (χ1) is 12.1. The second kappa shape index (κ2) is 7.06. The lowest BCUT2D eigenvalue weighted by Gasteiger charge is -2.12. The summed E-state index contributed by atoms with van der Waals surface area (Å²) < 4.78 is 27.9. The van der Waals surface area contributed by atoms with Crippen molar-refractivity contribution in [3.05, 3.63) is 59.9 Å². The summed E-state index contributed by atoms with van der Waals surface area (Å²) in [5.41, 5.74) is 1.90. The summed E-state index contributed by atoms with van der Waals surface area (Å²) in [6.45, 7) is 1.78. The summed E-state index contributed by atoms with van der Waals surface area (Å²) >= 11 is 0. The van der Waals surface area contributed by atoms with Crippen molar-refractivity contribution >= 4 is 27.3 Å². The molecule has 0 spiro atoms. The molecule has 2 aromatic carbocycles. The van der Waals surface area contributed by atoms with Gasteiger partial charge in [0.25, 0.3) is 10.0 Å². The average Bonchev–Trinajstić information content (AvgIpc) is 2.98. The number of fused-ring (bicyclic) bond motifs is 1. The molecule has 0 fully saturated rings. The Morgan fingerprint density at radius 2 is 1.88 bits per heavy atom. The Balaban J connectivity index is 2.15. The fourth-order valence-corrected chi connectivity index (χ4v) is 4.58. The van der Waals surface area contributed by atoms with Gasteiger partial charge in [-0.25, -0.2) is 17.4 Å². The highest BCUT2D eigenvalue weighted by Gasteiger charge is 2.25. The average molecular weight is 357 g/mol. The molecular formula is C18H19N3O3S. The van der Waals surface area contributed by atoms with Crippen LogP contribution in [0.5, 0.6) is 0 Å². The van der Waals surface area contributed by atoms with E-state index in [1.54, 1.807) is 43.3 Å². The van der Waals surface area contributed by atoms with Gasteiger partial charge in [0.1, 0.15) is 5.82 Å². The molecule has 0 atom stereocenters. The molecule has 1 N–H and O–H groups in total. The lowest BCUT2D eigenvalue weighted by molar-refractivity contribution is 0.320. The summed E-state index contributed by atoms with van der Waals surface area (Å²) in [5.74, 6) is 0.482. The van der Waals surface area contributed by atoms with Crippen LogP contribution in [-0.4, -0.2) is 28.8 Å². The van der Waals surface area contributed by atoms with E-state index in [4.69, 9.17) is 5.21 Å². The van der Waals surface area contributed by atoms with Crippen LogP contribution in [0.3, 0.4) is 0 Å². The second-order valence-electron chi connectivity index (χ2n) is 5.74. The van der Waals surface area contributed by atoms with E-state index in [-0.39, 0.29) is 4.90 Å². The topological polar surface area (TPSA) is 84.5 Å². The van der Waals surface area contributed by atoms with Gasteiger partial charge in [-0.15, -0.1) is 5.16 Å². The van der Waals surface area contributed by atoms with Crippen LogP contribution in [-0.2, 0) is 16.4 Å². The van der Waals surface area contributed by atoms with Crippen molar-refractivity contribution in [2.75, 3.05) is 0 Å². The molecule has 0 amide bonds. The minimum atomic E-state index is -3.76. The van der Waals surface area contributed by atoms with Gasteiger partial charge in [0.15, 0.2) is 0 Å². The number of aryl methyl sites for hydroxylation is 2. The molecule has 1 heterocycles. The van der Waals surface area contributed by atoms with Gasteiger partial charge in [0, 0.05) is 12.6 Å². The normalized spacial score (nSPS) is 12.2. The standard InChI is InChI=1S/C18H19N3O3S/c1-14-8-2-5-11-17(14)25(23,24)21-16-10-4-3-9-15(16)20-18(21)12-6-7-13-19-22/h2-5,8-11,13,22H,6-7,12H2,1H3. The van der Waals surface area contributed by atoms with Gasteiger partial charge in [-0.2, -0.15) is 0 Å². The summed E-state index contributed by atoms with van der Waals surface area (Å²) in [6, 6.07) is 14.1. The molecule has 0 saturated heterocycles. The number of para-hydroxylation sites is 2. The van der Waals surface area contributed by atoms with Crippen LogP contribution in [0.2, 0.25) is 0 Å². The Labute approximate surface area is 146 Å². The summed E-state index contributed by atoms with van der Waals surface area (Å²) in [6.07, 6.45) is 3.04. The third kappa shape index (κ3) is 3.28. The monoisotopic (exact) mass is 357 g/mol. The number of benzene rings is 2. The van der Waals surface area contributed by atoms with Crippen molar-refractivity contribution in [2.24, 2.45) is 5.16 Å². The van der Waals surface area contributed by atoms with Crippen LogP contribution in [0.1, 0.15) is 24.2 Å². The van der Waals surface area contributed by atoms with E-state index in [9.17, 15) is 8.42 Å². The predicted molar refractivity (Wildman–Crippen MR) is 96.7 cm³/mol. The van der Waals surface area contributed by atoms with Crippen molar-refractivity contribution in [3.63, 3.8) is 0 Å². The lowest BCUT2D eigenvalue weighted by Crippen LogP contribution is -2.17. The second-order valence-corrected chi connectivity index (χ2v) is 7.50. The Morgan fingerprint density at radius 1 is 1.16 bits per heavy atom. The molecule has 0 saturated carbocycles. The zero-order valence-electron chi connectivity index (χ0n) is 13.8. The highest BCUT2D eigenvalue weighted by atomic mass is 32.2. The number of aromatic nitrogens is 2. The fraction of sp³-hybridized carbons (Fsp3) is 0.222. The van der Waals surface area contributed by atoms with Gasteiger partial charge in [-0.3, -0.25) is 0 Å². The fourth-order valence-electron chi connectivity index (χ4n) is 2.83. The maximum Gasteiger partial charge on any atom is 0.269 e. The van der Waals surface area contributed by atoms with E-state index < -0.39 is 10.0 Å². The van der Waals surface area contributed by atoms with Gasteiger partial charge in [0.05, 0.1) is 15.9 Å². The Hall–Kier alpha value is -2.67. The van der Waals surface area contributed by atoms with Crippen LogP contribution in [0.25, 0.3) is 11.0 Å². The van der Waals surface area contributed by atoms with E-state index in [0.717, 1.165) is 0 Å². The molecule has 7 heteroatoms. The van der Waals surface area contributed by atoms with Crippen LogP contribution >= 0.6 is 0 Å². The Kier molecular flexibility index (Phi) is 4.85. The largest absolute Gasteiger partial charge is 0.411 e. The molecule has 3 aromatic rings. The van der Waals surface area contributed by atoms with Crippen molar-refractivity contribution in [1.82, 2.24) is 8.96 Å². The molecular weight excluding hydrogens is 338 g/mol. The minimum absolute atomic E-state index is 0.274. The quantitative estimate of drug-likeness (QED) is 0.317. The number of rotatable bonds is 6. The van der Waals surface area contributed by atoms with Crippen LogP contribution in [0, 0.1) is 6.92 Å². The maximum atomic E-state index is 13.3. The van der Waals surface area contributed by atoms with Crippen molar-refractivity contribution < 1.29 is 13.6 Å². The molecule has 0 radical (unpaired) electrons. The zero-order chi connectivity index (χ0) is 17.9. The molecule has 130 valence electrons. The molecule has 0 unspecified atom stereocenters. The van der Waals surface area contributed by atoms with E-state index in [1.807, 2.05) is 12.1 Å². The van der Waals surface area contributed by atoms with Crippen molar-refractivity contribution in [3.8, 4) is 0 Å². The molecule has 25 heavy (non-hydrogen) atoms. The lowest BCUT2D eigenvalue weighted by atomic mass is 10.2. The first-order valence-corrected chi connectivity index (χ1v) is 9.43. The molecule has 1 aromatic heterocycles. The van der Waals surface area contributed by atoms with Crippen molar-refractivity contribution in [1.29, 1.82) is 0 Å². The number of imidazole rings is 1. The Bertz CT molecular complexity index is 1020. The highest BCUT2D eigenvalue weighted by molar-refractivity contribution is 7.90. The number of hydrogen-bond donors (Lipinski definition) is 1. The molecule has 0 aliphatic rings. The van der Waals surface area contributed by atoms with Gasteiger partial charge in [-0.1, -0.05) is 30.3 Å². The number of nitrogens with zero attached hydrogens (tertiary/aromatic N) is 3. The minimum Gasteiger partial charge on any atom is -0.411 e. The molecule has 3 rings (SSSR count). The van der Waals surface area contributed by atoms with Gasteiger partial charge < -0.3 is 5.21 Å². The summed E-state index contributed by atoms with van der Waals surface area (Å²) in [7, 11) is -3.76. The van der Waals surface area contributed by atoms with E-state index in [1.165, 1.54) is 10.2 Å². The van der Waals surface area contributed by atoms with Gasteiger partial charge >= 0.3 is 0 Å². The first kappa shape index (κ1) is 17.2. The van der Waals surface area contributed by atoms with Crippen molar-refractivity contribution in [2.45, 2.75) is 31.1 Å². The SMILES string of the molecule is Cc1ccccc1S(=O)(=O)n1c(CCCC=NO)nc2ccccc21. The van der Waals surface area contributed by atoms with E-state index >= 15 is 0 Å². The number of oxime groups is 1. The van der Waals surface area contributed by atoms with Crippen LogP contribution in [0.15, 0.2) is 58.6 Å². The third-order valence-electron chi connectivity index (χ3n) is 4.01. The van der Waals surface area contributed by atoms with Gasteiger partial charge in [0.2, 0.25) is 0 Å². The molecule has 6 nitrogen and oxygen atoms in total. The molecule has 0 bridgehead atoms. The zero-order valence-corrected chi connectivity index (χ0v) is 14.6. The summed E-state index contributed by atoms with van der Waals surface area (Å²) in [5, 5.41) is 11.5. The van der Waals surface area contributed by atoms with E-state index in [0.29, 0.717) is 41.7 Å². The Morgan fingerprint density at radius 3 is 2.64 bits per heavy atom. The van der Waals surface area contributed by atoms with Crippen LogP contribution in [0.4, 0.5) is 0 Å². The molecule has 0 aliphatic carbocycles. The maximum absolute atomic E-state index is 13.3. The predicted octanol–water partition coefficient (Wildman–Crippen LogP) is 3.36. The number of unbranched alkanes of at least 4 members (excludes halogenated alkanes) is 1. The van der Waals surface area contributed by atoms with Gasteiger partial charge in [-0.05, 0) is 43.5 Å². The third-order valence-corrected chi connectivity index (χ3v) is 5.91. The van der Waals surface area contributed by atoms with Crippen LogP contribution < -0.4 is 0 Å². The highest BCUT2D eigenvalue weighted by Crippen LogP contribution is 2.25. The van der Waals surface area contributed by atoms with E-state index in [2.05, 4.69) is 10.1 Å².